The number of rotatable bonds is 6. The second-order valence-corrected chi connectivity index (χ2v) is 6.06. The number of hydrogen-bond acceptors (Lipinski definition) is 3. The van der Waals surface area contributed by atoms with Crippen molar-refractivity contribution in [3.63, 3.8) is 0 Å². The molecule has 0 aliphatic carbocycles. The van der Waals surface area contributed by atoms with Crippen molar-refractivity contribution in [3.8, 4) is 5.75 Å². The summed E-state index contributed by atoms with van der Waals surface area (Å²) in [5, 5.41) is 5.94. The molecule has 3 rings (SSSR count). The Hall–Kier alpha value is -1.62. The van der Waals surface area contributed by atoms with Crippen molar-refractivity contribution in [2.45, 2.75) is 12.3 Å². The molecule has 2 aromatic carbocycles. The van der Waals surface area contributed by atoms with Gasteiger partial charge in [0.15, 0.2) is 12.3 Å². The number of hydrogen-bond donors (Lipinski definition) is 1. The first-order valence-corrected chi connectivity index (χ1v) is 8.14. The molecule has 0 amide bonds. The maximum atomic E-state index is 14.6. The average Bonchev–Trinajstić information content (AvgIpc) is 3.03. The van der Waals surface area contributed by atoms with Gasteiger partial charge in [-0.05, 0) is 36.2 Å². The van der Waals surface area contributed by atoms with Crippen LogP contribution < -0.4 is 10.1 Å². The first kappa shape index (κ1) is 17.7. The second kappa shape index (κ2) is 8.29. The molecule has 23 heavy (non-hydrogen) atoms. The molecule has 0 spiro atoms. The van der Waals surface area contributed by atoms with Gasteiger partial charge in [-0.3, -0.25) is 0 Å². The van der Waals surface area contributed by atoms with Crippen molar-refractivity contribution in [2.24, 2.45) is 0 Å². The van der Waals surface area contributed by atoms with Crippen LogP contribution in [-0.4, -0.2) is 19.8 Å². The molecular weight excluding hydrogens is 333 g/mol. The first-order chi connectivity index (χ1) is 10.8. The van der Waals surface area contributed by atoms with E-state index >= 15 is 0 Å². The highest BCUT2D eigenvalue weighted by Gasteiger charge is 2.25. The van der Waals surface area contributed by atoms with Crippen molar-refractivity contribution in [3.05, 3.63) is 65.5 Å². The zero-order valence-electron chi connectivity index (χ0n) is 12.7. The Morgan fingerprint density at radius 3 is 2.61 bits per heavy atom. The fourth-order valence-corrected chi connectivity index (χ4v) is 3.30. The minimum absolute atomic E-state index is 0. The van der Waals surface area contributed by atoms with E-state index in [1.54, 1.807) is 18.4 Å². The van der Waals surface area contributed by atoms with E-state index in [1.165, 1.54) is 0 Å². The van der Waals surface area contributed by atoms with E-state index in [0.717, 1.165) is 21.4 Å². The van der Waals surface area contributed by atoms with Crippen LogP contribution >= 0.6 is 23.7 Å². The third kappa shape index (κ3) is 4.02. The summed E-state index contributed by atoms with van der Waals surface area (Å²) < 4.78 is 21.8. The molecule has 0 unspecified atom stereocenters. The van der Waals surface area contributed by atoms with Gasteiger partial charge >= 0.3 is 0 Å². The zero-order valence-corrected chi connectivity index (χ0v) is 14.4. The Kier molecular flexibility index (Phi) is 6.39. The normalized spacial score (nSPS) is 13.3. The van der Waals surface area contributed by atoms with Gasteiger partial charge in [0, 0.05) is 16.6 Å². The van der Waals surface area contributed by atoms with Crippen molar-refractivity contribution in [2.75, 3.05) is 13.6 Å². The molecule has 0 bridgehead atoms. The van der Waals surface area contributed by atoms with Crippen LogP contribution in [0, 0.1) is 0 Å². The van der Waals surface area contributed by atoms with E-state index in [4.69, 9.17) is 4.74 Å². The topological polar surface area (TPSA) is 21.3 Å². The molecule has 2 atom stereocenters. The Morgan fingerprint density at radius 2 is 1.87 bits per heavy atom. The Morgan fingerprint density at radius 1 is 1.09 bits per heavy atom. The van der Waals surface area contributed by atoms with Crippen LogP contribution in [0.2, 0.25) is 0 Å². The molecule has 1 heterocycles. The Labute approximate surface area is 145 Å². The average molecular weight is 352 g/mol. The molecular formula is C18H19ClFNOS. The van der Waals surface area contributed by atoms with Crippen LogP contribution in [-0.2, 0) is 0 Å². The maximum absolute atomic E-state index is 14.6. The van der Waals surface area contributed by atoms with Gasteiger partial charge in [-0.25, -0.2) is 4.39 Å². The standard InChI is InChI=1S/C18H18FNOS.ClH/c1-20-12-15(19)18(13-6-3-2-4-7-13)21-16-8-5-9-17-14(16)10-11-22-17;/h2-11,15,18,20H,12H2,1H3;1H/t15-,18-;/m1./s1. The van der Waals surface area contributed by atoms with E-state index in [-0.39, 0.29) is 19.0 Å². The summed E-state index contributed by atoms with van der Waals surface area (Å²) in [6.45, 7) is 0.249. The van der Waals surface area contributed by atoms with E-state index in [2.05, 4.69) is 5.32 Å². The zero-order chi connectivity index (χ0) is 15.4. The van der Waals surface area contributed by atoms with Crippen LogP contribution in [0.1, 0.15) is 11.7 Å². The van der Waals surface area contributed by atoms with E-state index in [9.17, 15) is 4.39 Å². The van der Waals surface area contributed by atoms with Crippen LogP contribution in [0.5, 0.6) is 5.75 Å². The minimum atomic E-state index is -1.12. The summed E-state index contributed by atoms with van der Waals surface area (Å²) in [6, 6.07) is 17.4. The summed E-state index contributed by atoms with van der Waals surface area (Å²) in [5.41, 5.74) is 0.845. The lowest BCUT2D eigenvalue weighted by atomic mass is 10.0. The SMILES string of the molecule is CNC[C@@H](F)[C@H](Oc1cccc2sccc12)c1ccccc1.Cl. The van der Waals surface area contributed by atoms with Gasteiger partial charge in [-0.15, -0.1) is 23.7 Å². The molecule has 0 saturated carbocycles. The molecule has 122 valence electrons. The van der Waals surface area contributed by atoms with E-state index in [1.807, 2.05) is 60.0 Å². The lowest BCUT2D eigenvalue weighted by Gasteiger charge is -2.23. The second-order valence-electron chi connectivity index (χ2n) is 5.11. The molecule has 0 aliphatic heterocycles. The third-order valence-corrected chi connectivity index (χ3v) is 4.45. The quantitative estimate of drug-likeness (QED) is 0.674. The van der Waals surface area contributed by atoms with Gasteiger partial charge in [0.05, 0.1) is 0 Å². The number of alkyl halides is 1. The predicted octanol–water partition coefficient (Wildman–Crippen LogP) is 5.00. The number of benzene rings is 2. The Balaban J connectivity index is 0.00000192. The third-order valence-electron chi connectivity index (χ3n) is 3.57. The largest absolute Gasteiger partial charge is 0.482 e. The fraction of sp³-hybridized carbons (Fsp3) is 0.222. The maximum Gasteiger partial charge on any atom is 0.156 e. The highest BCUT2D eigenvalue weighted by atomic mass is 35.5. The van der Waals surface area contributed by atoms with Crippen molar-refractivity contribution < 1.29 is 9.13 Å². The molecule has 0 aliphatic rings. The Bertz CT molecular complexity index is 734. The van der Waals surface area contributed by atoms with Gasteiger partial charge in [0.1, 0.15) is 5.75 Å². The number of fused-ring (bicyclic) bond motifs is 1. The summed E-state index contributed by atoms with van der Waals surface area (Å²) in [5.74, 6) is 0.728. The van der Waals surface area contributed by atoms with Crippen LogP contribution in [0.25, 0.3) is 10.1 Å². The lowest BCUT2D eigenvalue weighted by molar-refractivity contribution is 0.102. The summed E-state index contributed by atoms with van der Waals surface area (Å²) in [7, 11) is 1.74. The van der Waals surface area contributed by atoms with E-state index < -0.39 is 12.3 Å². The minimum Gasteiger partial charge on any atom is -0.482 e. The fourth-order valence-electron chi connectivity index (χ4n) is 2.50. The van der Waals surface area contributed by atoms with Crippen LogP contribution in [0.3, 0.4) is 0 Å². The van der Waals surface area contributed by atoms with Gasteiger partial charge in [0.2, 0.25) is 0 Å². The molecule has 0 fully saturated rings. The van der Waals surface area contributed by atoms with Crippen molar-refractivity contribution in [1.29, 1.82) is 0 Å². The number of halogens is 2. The summed E-state index contributed by atoms with van der Waals surface area (Å²) >= 11 is 1.66. The summed E-state index contributed by atoms with van der Waals surface area (Å²) in [6.07, 6.45) is -1.75. The summed E-state index contributed by atoms with van der Waals surface area (Å²) in [4.78, 5) is 0. The van der Waals surface area contributed by atoms with Crippen molar-refractivity contribution >= 4 is 33.8 Å². The van der Waals surface area contributed by atoms with Crippen molar-refractivity contribution in [1.82, 2.24) is 5.32 Å². The monoisotopic (exact) mass is 351 g/mol. The molecule has 3 aromatic rings. The highest BCUT2D eigenvalue weighted by Crippen LogP contribution is 2.34. The number of nitrogens with one attached hydrogen (secondary N) is 1. The van der Waals surface area contributed by atoms with Gasteiger partial charge in [0.25, 0.3) is 0 Å². The van der Waals surface area contributed by atoms with Gasteiger partial charge in [-0.1, -0.05) is 36.4 Å². The van der Waals surface area contributed by atoms with Crippen LogP contribution in [0.4, 0.5) is 4.39 Å². The predicted molar refractivity (Wildman–Crippen MR) is 97.7 cm³/mol. The molecule has 1 aromatic heterocycles. The molecule has 5 heteroatoms. The molecule has 0 saturated heterocycles. The molecule has 2 nitrogen and oxygen atoms in total. The smallest absolute Gasteiger partial charge is 0.156 e. The molecule has 0 radical (unpaired) electrons. The highest BCUT2D eigenvalue weighted by molar-refractivity contribution is 7.17. The molecule has 1 N–H and O–H groups in total. The van der Waals surface area contributed by atoms with Gasteiger partial charge in [-0.2, -0.15) is 0 Å². The van der Waals surface area contributed by atoms with Crippen LogP contribution in [0.15, 0.2) is 60.0 Å². The van der Waals surface area contributed by atoms with Gasteiger partial charge < -0.3 is 10.1 Å². The number of ether oxygens (including phenoxy) is 1. The first-order valence-electron chi connectivity index (χ1n) is 7.26. The van der Waals surface area contributed by atoms with E-state index in [0.29, 0.717) is 0 Å². The lowest BCUT2D eigenvalue weighted by Crippen LogP contribution is -2.29. The number of thiophene rings is 1.